The first kappa shape index (κ1) is 22.6. The number of ether oxygens (including phenoxy) is 1. The molecular formula is C20H23F3N4O4. The largest absolute Gasteiger partial charge is 0.416 e. The van der Waals surface area contributed by atoms with Crippen LogP contribution < -0.4 is 10.6 Å². The van der Waals surface area contributed by atoms with Crippen molar-refractivity contribution in [3.8, 4) is 0 Å². The number of nitrogens with zero attached hydrogens (tertiary/aromatic N) is 2. The van der Waals surface area contributed by atoms with E-state index in [1.54, 1.807) is 6.92 Å². The maximum atomic E-state index is 13.6. The van der Waals surface area contributed by atoms with Crippen molar-refractivity contribution in [3.63, 3.8) is 0 Å². The summed E-state index contributed by atoms with van der Waals surface area (Å²) in [5.41, 5.74) is -0.794. The molecule has 3 rings (SSSR count). The number of halogens is 3. The Hall–Kier alpha value is -3.08. The van der Waals surface area contributed by atoms with Gasteiger partial charge in [-0.2, -0.15) is 13.2 Å². The third-order valence-electron chi connectivity index (χ3n) is 5.15. The number of hydrogen-bond donors (Lipinski definition) is 2. The first-order chi connectivity index (χ1) is 14.7. The van der Waals surface area contributed by atoms with Crippen molar-refractivity contribution in [2.75, 3.05) is 39.9 Å². The minimum atomic E-state index is -4.66. The highest BCUT2D eigenvalue weighted by molar-refractivity contribution is 6.03. The molecule has 0 aliphatic carbocycles. The van der Waals surface area contributed by atoms with Crippen LogP contribution in [-0.2, 0) is 20.5 Å². The fourth-order valence-electron chi connectivity index (χ4n) is 3.77. The summed E-state index contributed by atoms with van der Waals surface area (Å²) in [6.45, 7) is 2.14. The Kier molecular flexibility index (Phi) is 6.54. The molecule has 1 atom stereocenters. The van der Waals surface area contributed by atoms with Gasteiger partial charge < -0.3 is 20.3 Å². The third kappa shape index (κ3) is 4.50. The van der Waals surface area contributed by atoms with Crippen LogP contribution in [0.5, 0.6) is 0 Å². The van der Waals surface area contributed by atoms with E-state index in [9.17, 15) is 27.6 Å². The maximum absolute atomic E-state index is 13.6. The molecule has 0 bridgehead atoms. The van der Waals surface area contributed by atoms with E-state index < -0.39 is 35.6 Å². The van der Waals surface area contributed by atoms with Crippen molar-refractivity contribution in [1.29, 1.82) is 0 Å². The molecule has 1 aromatic rings. The van der Waals surface area contributed by atoms with Gasteiger partial charge in [0.2, 0.25) is 5.91 Å². The van der Waals surface area contributed by atoms with Gasteiger partial charge >= 0.3 is 12.2 Å². The van der Waals surface area contributed by atoms with Crippen molar-refractivity contribution in [2.24, 2.45) is 0 Å². The summed E-state index contributed by atoms with van der Waals surface area (Å²) >= 11 is 0. The number of nitrogens with one attached hydrogen (secondary N) is 2. The van der Waals surface area contributed by atoms with Crippen molar-refractivity contribution in [3.05, 3.63) is 46.7 Å². The zero-order valence-corrected chi connectivity index (χ0v) is 17.1. The third-order valence-corrected chi connectivity index (χ3v) is 5.15. The van der Waals surface area contributed by atoms with Gasteiger partial charge in [-0.05, 0) is 18.6 Å². The van der Waals surface area contributed by atoms with E-state index in [1.165, 1.54) is 35.1 Å². The van der Waals surface area contributed by atoms with E-state index in [0.29, 0.717) is 12.3 Å². The van der Waals surface area contributed by atoms with E-state index in [-0.39, 0.29) is 37.3 Å². The number of amides is 4. The summed E-state index contributed by atoms with van der Waals surface area (Å²) in [4.78, 5) is 40.4. The van der Waals surface area contributed by atoms with Gasteiger partial charge in [0.25, 0.3) is 5.91 Å². The van der Waals surface area contributed by atoms with Gasteiger partial charge in [-0.3, -0.25) is 14.5 Å². The van der Waals surface area contributed by atoms with Gasteiger partial charge in [0, 0.05) is 20.2 Å². The van der Waals surface area contributed by atoms with Gasteiger partial charge in [-0.25, -0.2) is 4.79 Å². The molecule has 4 amide bonds. The number of likely N-dealkylation sites (N-methyl/N-ethyl adjacent to an activating group) is 1. The van der Waals surface area contributed by atoms with Crippen LogP contribution in [0.2, 0.25) is 0 Å². The average molecular weight is 440 g/mol. The fourth-order valence-corrected chi connectivity index (χ4v) is 3.77. The molecule has 168 valence electrons. The highest BCUT2D eigenvalue weighted by Crippen LogP contribution is 2.41. The lowest BCUT2D eigenvalue weighted by atomic mass is 9.91. The molecule has 2 heterocycles. The Morgan fingerprint density at radius 1 is 1.29 bits per heavy atom. The van der Waals surface area contributed by atoms with Crippen LogP contribution in [0.15, 0.2) is 35.5 Å². The quantitative estimate of drug-likeness (QED) is 0.631. The van der Waals surface area contributed by atoms with Crippen LogP contribution in [0.3, 0.4) is 0 Å². The lowest BCUT2D eigenvalue weighted by Crippen LogP contribution is -2.47. The van der Waals surface area contributed by atoms with Crippen molar-refractivity contribution >= 4 is 17.8 Å². The summed E-state index contributed by atoms with van der Waals surface area (Å²) in [5, 5.41) is 5.13. The van der Waals surface area contributed by atoms with Crippen molar-refractivity contribution < 1.29 is 32.3 Å². The smallest absolute Gasteiger partial charge is 0.383 e. The lowest BCUT2D eigenvalue weighted by molar-refractivity contribution is -0.138. The second kappa shape index (κ2) is 8.96. The zero-order valence-electron chi connectivity index (χ0n) is 17.1. The first-order valence-electron chi connectivity index (χ1n) is 9.71. The molecule has 0 fully saturated rings. The zero-order chi connectivity index (χ0) is 22.8. The van der Waals surface area contributed by atoms with Crippen LogP contribution in [-0.4, -0.2) is 67.5 Å². The predicted molar refractivity (Wildman–Crippen MR) is 104 cm³/mol. The molecule has 1 unspecified atom stereocenters. The van der Waals surface area contributed by atoms with Gasteiger partial charge in [-0.15, -0.1) is 0 Å². The average Bonchev–Trinajstić information content (AvgIpc) is 3.03. The van der Waals surface area contributed by atoms with Gasteiger partial charge in [0.05, 0.1) is 36.0 Å². The molecule has 0 aromatic heterocycles. The Morgan fingerprint density at radius 2 is 2.00 bits per heavy atom. The number of methoxy groups -OCH3 is 1. The molecule has 1 aromatic carbocycles. The number of urea groups is 1. The number of alkyl halides is 3. The molecule has 8 nitrogen and oxygen atoms in total. The summed E-state index contributed by atoms with van der Waals surface area (Å²) in [6, 6.07) is 2.96. The number of carbonyl (C=O) groups excluding carboxylic acids is 3. The Balaban J connectivity index is 1.94. The molecule has 0 spiro atoms. The summed E-state index contributed by atoms with van der Waals surface area (Å²) in [6.07, 6.45) is -4.66. The maximum Gasteiger partial charge on any atom is 0.416 e. The molecular weight excluding hydrogens is 417 g/mol. The minimum Gasteiger partial charge on any atom is -0.383 e. The highest BCUT2D eigenvalue weighted by Gasteiger charge is 2.46. The second-order valence-electron chi connectivity index (χ2n) is 7.08. The van der Waals surface area contributed by atoms with Crippen LogP contribution in [0.25, 0.3) is 0 Å². The summed E-state index contributed by atoms with van der Waals surface area (Å²) in [5.74, 6) is -1.02. The van der Waals surface area contributed by atoms with E-state index in [1.807, 2.05) is 0 Å². The van der Waals surface area contributed by atoms with Crippen LogP contribution in [0.4, 0.5) is 18.0 Å². The topological polar surface area (TPSA) is 91.0 Å². The normalized spacial score (nSPS) is 18.9. The lowest BCUT2D eigenvalue weighted by Gasteiger charge is -2.33. The van der Waals surface area contributed by atoms with Gasteiger partial charge in [0.15, 0.2) is 0 Å². The van der Waals surface area contributed by atoms with E-state index in [0.717, 1.165) is 6.07 Å². The molecule has 2 aliphatic heterocycles. The SMILES string of the molecule is CCN1C(=O)NC(c2ccccc2C(F)(F)F)C2=C1CN(CC(=O)NCCOC)C2=O. The predicted octanol–water partition coefficient (Wildman–Crippen LogP) is 1.65. The molecule has 2 N–H and O–H groups in total. The highest BCUT2D eigenvalue weighted by atomic mass is 19.4. The molecule has 11 heteroatoms. The Labute approximate surface area is 177 Å². The van der Waals surface area contributed by atoms with Gasteiger partial charge in [0.1, 0.15) is 6.54 Å². The Bertz CT molecular complexity index is 916. The fraction of sp³-hybridized carbons (Fsp3) is 0.450. The first-order valence-corrected chi connectivity index (χ1v) is 9.71. The van der Waals surface area contributed by atoms with Crippen molar-refractivity contribution in [1.82, 2.24) is 20.4 Å². The second-order valence-corrected chi connectivity index (χ2v) is 7.08. The standard InChI is InChI=1S/C20H23F3N4O4/c1-3-27-14-10-26(11-15(28)24-8-9-31-2)18(29)16(14)17(25-19(27)30)12-6-4-5-7-13(12)20(21,22)23/h4-7,17H,3,8-11H2,1-2H3,(H,24,28)(H,25,30). The van der Waals surface area contributed by atoms with Gasteiger partial charge in [-0.1, -0.05) is 18.2 Å². The monoisotopic (exact) mass is 440 g/mol. The number of carbonyl (C=O) groups is 3. The molecule has 0 saturated carbocycles. The summed E-state index contributed by atoms with van der Waals surface area (Å²) < 4.78 is 45.6. The molecule has 2 aliphatic rings. The minimum absolute atomic E-state index is 0.0438. The van der Waals surface area contributed by atoms with Crippen molar-refractivity contribution in [2.45, 2.75) is 19.1 Å². The summed E-state index contributed by atoms with van der Waals surface area (Å²) in [7, 11) is 1.48. The van der Waals surface area contributed by atoms with Crippen LogP contribution in [0.1, 0.15) is 24.1 Å². The van der Waals surface area contributed by atoms with E-state index in [4.69, 9.17) is 4.74 Å². The molecule has 31 heavy (non-hydrogen) atoms. The van der Waals surface area contributed by atoms with Crippen LogP contribution in [0, 0.1) is 0 Å². The number of hydrogen-bond acceptors (Lipinski definition) is 4. The molecule has 0 radical (unpaired) electrons. The number of rotatable bonds is 7. The Morgan fingerprint density at radius 3 is 2.65 bits per heavy atom. The van der Waals surface area contributed by atoms with E-state index in [2.05, 4.69) is 10.6 Å². The van der Waals surface area contributed by atoms with Crippen LogP contribution >= 0.6 is 0 Å². The number of benzene rings is 1. The van der Waals surface area contributed by atoms with E-state index >= 15 is 0 Å². The molecule has 0 saturated heterocycles.